The molecule has 0 atom stereocenters. The van der Waals surface area contributed by atoms with Crippen molar-refractivity contribution in [2.24, 2.45) is 0 Å². The van der Waals surface area contributed by atoms with E-state index in [0.717, 1.165) is 17.0 Å². The number of methoxy groups -OCH3 is 1. The number of benzene rings is 2. The van der Waals surface area contributed by atoms with E-state index in [0.29, 0.717) is 16.6 Å². The zero-order valence-corrected chi connectivity index (χ0v) is 11.4. The van der Waals surface area contributed by atoms with E-state index in [2.05, 4.69) is 5.32 Å². The summed E-state index contributed by atoms with van der Waals surface area (Å²) in [6.45, 7) is 0.655. The van der Waals surface area contributed by atoms with Crippen molar-refractivity contribution in [1.29, 1.82) is 0 Å². The van der Waals surface area contributed by atoms with Gasteiger partial charge in [0.25, 0.3) is 0 Å². The Morgan fingerprint density at radius 3 is 2.39 bits per heavy atom. The van der Waals surface area contributed by atoms with E-state index in [1.807, 2.05) is 36.4 Å². The van der Waals surface area contributed by atoms with Crippen molar-refractivity contribution in [2.75, 3.05) is 12.4 Å². The molecule has 0 spiro atoms. The van der Waals surface area contributed by atoms with Crippen LogP contribution in [0, 0.1) is 0 Å². The smallest absolute Gasteiger partial charge is 0.119 e. The van der Waals surface area contributed by atoms with Crippen LogP contribution < -0.4 is 10.1 Å². The topological polar surface area (TPSA) is 21.3 Å². The quantitative estimate of drug-likeness (QED) is 0.883. The zero-order valence-electron chi connectivity index (χ0n) is 9.91. The van der Waals surface area contributed by atoms with Crippen LogP contribution in [0.25, 0.3) is 0 Å². The van der Waals surface area contributed by atoms with Gasteiger partial charge < -0.3 is 10.1 Å². The molecule has 0 amide bonds. The summed E-state index contributed by atoms with van der Waals surface area (Å²) in [5, 5.41) is 4.61. The highest BCUT2D eigenvalue weighted by Gasteiger charge is 2.01. The summed E-state index contributed by atoms with van der Waals surface area (Å²) in [5.41, 5.74) is 2.03. The lowest BCUT2D eigenvalue weighted by atomic mass is 10.2. The van der Waals surface area contributed by atoms with Gasteiger partial charge in [-0.25, -0.2) is 0 Å². The first-order valence-electron chi connectivity index (χ1n) is 5.51. The molecule has 2 aromatic rings. The third-order valence-corrected chi connectivity index (χ3v) is 3.18. The van der Waals surface area contributed by atoms with Crippen molar-refractivity contribution in [3.8, 4) is 5.75 Å². The predicted molar refractivity (Wildman–Crippen MR) is 76.8 cm³/mol. The van der Waals surface area contributed by atoms with Gasteiger partial charge in [0.2, 0.25) is 0 Å². The Kier molecular flexibility index (Phi) is 4.34. The van der Waals surface area contributed by atoms with Crippen molar-refractivity contribution in [1.82, 2.24) is 0 Å². The number of halogens is 2. The molecule has 0 fully saturated rings. The highest BCUT2D eigenvalue weighted by atomic mass is 35.5. The molecule has 0 saturated carbocycles. The molecule has 0 aliphatic rings. The molecule has 0 aliphatic heterocycles. The van der Waals surface area contributed by atoms with Gasteiger partial charge in [0.15, 0.2) is 0 Å². The van der Waals surface area contributed by atoms with Crippen LogP contribution in [0.3, 0.4) is 0 Å². The molecule has 94 valence electrons. The van der Waals surface area contributed by atoms with E-state index in [1.54, 1.807) is 13.2 Å². The monoisotopic (exact) mass is 281 g/mol. The lowest BCUT2D eigenvalue weighted by molar-refractivity contribution is 0.415. The average Bonchev–Trinajstić information content (AvgIpc) is 2.38. The van der Waals surface area contributed by atoms with Gasteiger partial charge in [-0.15, -0.1) is 0 Å². The number of nitrogens with one attached hydrogen (secondary N) is 1. The Morgan fingerprint density at radius 1 is 1.06 bits per heavy atom. The van der Waals surface area contributed by atoms with E-state index in [1.165, 1.54) is 0 Å². The summed E-state index contributed by atoms with van der Waals surface area (Å²) in [6, 6.07) is 13.2. The molecule has 4 heteroatoms. The maximum Gasteiger partial charge on any atom is 0.119 e. The van der Waals surface area contributed by atoms with Crippen molar-refractivity contribution >= 4 is 28.9 Å². The van der Waals surface area contributed by atoms with E-state index in [4.69, 9.17) is 27.9 Å². The van der Waals surface area contributed by atoms with Gasteiger partial charge in [0, 0.05) is 22.3 Å². The summed E-state index contributed by atoms with van der Waals surface area (Å²) < 4.78 is 5.10. The first-order chi connectivity index (χ1) is 8.69. The standard InChI is InChI=1S/C14H13Cl2NO/c1-18-13-6-4-12(5-7-13)17-9-10-2-3-11(15)8-14(10)16/h2-8,17H,9H2,1H3. The van der Waals surface area contributed by atoms with Crippen LogP contribution in [0.5, 0.6) is 5.75 Å². The Hall–Kier alpha value is -1.38. The summed E-state index contributed by atoms with van der Waals surface area (Å²) >= 11 is 11.9. The molecule has 0 heterocycles. The summed E-state index contributed by atoms with van der Waals surface area (Å²) in [7, 11) is 1.65. The number of ether oxygens (including phenoxy) is 1. The Labute approximate surface area is 116 Å². The van der Waals surface area contributed by atoms with Crippen molar-refractivity contribution in [3.63, 3.8) is 0 Å². The van der Waals surface area contributed by atoms with E-state index in [-0.39, 0.29) is 0 Å². The molecular weight excluding hydrogens is 269 g/mol. The highest BCUT2D eigenvalue weighted by molar-refractivity contribution is 6.35. The molecule has 0 bridgehead atoms. The Bertz CT molecular complexity index is 526. The fraction of sp³-hybridized carbons (Fsp3) is 0.143. The number of anilines is 1. The zero-order chi connectivity index (χ0) is 13.0. The molecule has 18 heavy (non-hydrogen) atoms. The minimum absolute atomic E-state index is 0.646. The Morgan fingerprint density at radius 2 is 1.78 bits per heavy atom. The molecule has 2 rings (SSSR count). The molecule has 0 saturated heterocycles. The SMILES string of the molecule is COc1ccc(NCc2ccc(Cl)cc2Cl)cc1. The summed E-state index contributed by atoms with van der Waals surface area (Å²) in [6.07, 6.45) is 0. The molecule has 0 unspecified atom stereocenters. The van der Waals surface area contributed by atoms with Crippen molar-refractivity contribution in [3.05, 3.63) is 58.1 Å². The molecule has 1 N–H and O–H groups in total. The van der Waals surface area contributed by atoms with E-state index >= 15 is 0 Å². The second kappa shape index (κ2) is 5.98. The lowest BCUT2D eigenvalue weighted by Crippen LogP contribution is -1.99. The average molecular weight is 282 g/mol. The second-order valence-corrected chi connectivity index (χ2v) is 4.66. The van der Waals surface area contributed by atoms with Crippen molar-refractivity contribution in [2.45, 2.75) is 6.54 Å². The number of hydrogen-bond acceptors (Lipinski definition) is 2. The number of hydrogen-bond donors (Lipinski definition) is 1. The van der Waals surface area contributed by atoms with E-state index in [9.17, 15) is 0 Å². The highest BCUT2D eigenvalue weighted by Crippen LogP contribution is 2.22. The van der Waals surface area contributed by atoms with Crippen LogP contribution in [0.4, 0.5) is 5.69 Å². The third-order valence-electron chi connectivity index (χ3n) is 2.59. The second-order valence-electron chi connectivity index (χ2n) is 3.82. The van der Waals surface area contributed by atoms with Gasteiger partial charge in [-0.1, -0.05) is 29.3 Å². The molecule has 0 aromatic heterocycles. The van der Waals surface area contributed by atoms with Gasteiger partial charge in [0.1, 0.15) is 5.75 Å². The summed E-state index contributed by atoms with van der Waals surface area (Å²) in [4.78, 5) is 0. The molecule has 2 aromatic carbocycles. The van der Waals surface area contributed by atoms with Gasteiger partial charge in [-0.05, 0) is 42.0 Å². The predicted octanol–water partition coefficient (Wildman–Crippen LogP) is 4.61. The maximum atomic E-state index is 6.10. The van der Waals surface area contributed by atoms with Gasteiger partial charge in [-0.2, -0.15) is 0 Å². The van der Waals surface area contributed by atoms with Crippen LogP contribution in [-0.4, -0.2) is 7.11 Å². The van der Waals surface area contributed by atoms with Gasteiger partial charge in [0.05, 0.1) is 7.11 Å². The van der Waals surface area contributed by atoms with Crippen LogP contribution in [0.15, 0.2) is 42.5 Å². The normalized spacial score (nSPS) is 10.2. The first kappa shape index (κ1) is 13.1. The van der Waals surface area contributed by atoms with Crippen molar-refractivity contribution < 1.29 is 4.74 Å². The van der Waals surface area contributed by atoms with Crippen LogP contribution >= 0.6 is 23.2 Å². The fourth-order valence-electron chi connectivity index (χ4n) is 1.57. The van der Waals surface area contributed by atoms with Crippen LogP contribution in [0.2, 0.25) is 10.0 Å². The molecule has 0 aliphatic carbocycles. The maximum absolute atomic E-state index is 6.10. The minimum atomic E-state index is 0.646. The fourth-order valence-corrected chi connectivity index (χ4v) is 2.05. The number of rotatable bonds is 4. The lowest BCUT2D eigenvalue weighted by Gasteiger charge is -2.09. The molecular formula is C14H13Cl2NO. The molecule has 0 radical (unpaired) electrons. The van der Waals surface area contributed by atoms with Crippen LogP contribution in [0.1, 0.15) is 5.56 Å². The third kappa shape index (κ3) is 3.31. The Balaban J connectivity index is 2.02. The van der Waals surface area contributed by atoms with Gasteiger partial charge in [-0.3, -0.25) is 0 Å². The van der Waals surface area contributed by atoms with Crippen LogP contribution in [-0.2, 0) is 6.54 Å². The van der Waals surface area contributed by atoms with E-state index < -0.39 is 0 Å². The minimum Gasteiger partial charge on any atom is -0.497 e. The largest absolute Gasteiger partial charge is 0.497 e. The summed E-state index contributed by atoms with van der Waals surface area (Å²) in [5.74, 6) is 0.838. The van der Waals surface area contributed by atoms with Gasteiger partial charge >= 0.3 is 0 Å². The molecule has 2 nitrogen and oxygen atoms in total. The first-order valence-corrected chi connectivity index (χ1v) is 6.26.